The van der Waals surface area contributed by atoms with Crippen LogP contribution in [0.3, 0.4) is 0 Å². The lowest BCUT2D eigenvalue weighted by Crippen LogP contribution is -2.03. The van der Waals surface area contributed by atoms with Crippen molar-refractivity contribution in [2.75, 3.05) is 23.9 Å². The number of hydrogen-bond donors (Lipinski definition) is 0. The highest BCUT2D eigenvalue weighted by Crippen LogP contribution is 2.50. The Morgan fingerprint density at radius 2 is 0.909 bits per heavy atom. The summed E-state index contributed by atoms with van der Waals surface area (Å²) in [6.45, 7) is 0.978. The van der Waals surface area contributed by atoms with Crippen LogP contribution in [0.2, 0.25) is 20.1 Å². The van der Waals surface area contributed by atoms with Gasteiger partial charge in [-0.25, -0.2) is 0 Å². The number of benzene rings is 1. The summed E-state index contributed by atoms with van der Waals surface area (Å²) in [4.78, 5) is 0. The van der Waals surface area contributed by atoms with Gasteiger partial charge < -0.3 is 9.47 Å². The fraction of sp³-hybridized carbons (Fsp3) is 0.571. The van der Waals surface area contributed by atoms with Crippen LogP contribution in [0.1, 0.15) is 25.7 Å². The average Bonchev–Trinajstić information content (AvgIpc) is 2.51. The number of unbranched alkanes of at least 4 members (excludes halogenated alkanes) is 2. The maximum atomic E-state index is 6.23. The summed E-state index contributed by atoms with van der Waals surface area (Å²) in [6.07, 6.45) is 3.73. The van der Waals surface area contributed by atoms with Crippen LogP contribution in [0.4, 0.5) is 0 Å². The number of alkyl halides is 2. The number of hydrogen-bond acceptors (Lipinski definition) is 2. The van der Waals surface area contributed by atoms with Crippen LogP contribution >= 0.6 is 78.3 Å². The fourth-order valence-electron chi connectivity index (χ4n) is 1.59. The molecule has 0 N–H and O–H groups in total. The Morgan fingerprint density at radius 1 is 0.591 bits per heavy atom. The van der Waals surface area contributed by atoms with Crippen LogP contribution < -0.4 is 9.47 Å². The summed E-state index contributed by atoms with van der Waals surface area (Å²) in [6, 6.07) is 0. The van der Waals surface area contributed by atoms with Gasteiger partial charge in [0.1, 0.15) is 20.1 Å². The van der Waals surface area contributed by atoms with Gasteiger partial charge in [-0.3, -0.25) is 0 Å². The Kier molecular flexibility index (Phi) is 11.0. The van der Waals surface area contributed by atoms with E-state index in [-0.39, 0.29) is 20.1 Å². The van der Waals surface area contributed by atoms with Crippen LogP contribution in [0.5, 0.6) is 11.5 Å². The zero-order valence-corrected chi connectivity index (χ0v) is 17.9. The molecule has 0 aliphatic carbocycles. The van der Waals surface area contributed by atoms with E-state index in [4.69, 9.17) is 55.9 Å². The Labute approximate surface area is 168 Å². The summed E-state index contributed by atoms with van der Waals surface area (Å²) < 4.78 is 11.2. The molecule has 1 aromatic carbocycles. The van der Waals surface area contributed by atoms with E-state index in [1.165, 1.54) is 0 Å². The third-order valence-corrected chi connectivity index (χ3v) is 5.49. The van der Waals surface area contributed by atoms with Gasteiger partial charge in [0.25, 0.3) is 0 Å². The van der Waals surface area contributed by atoms with Crippen LogP contribution in [-0.4, -0.2) is 23.9 Å². The molecule has 0 radical (unpaired) electrons. The molecule has 0 bridgehead atoms. The van der Waals surface area contributed by atoms with Crippen LogP contribution in [-0.2, 0) is 0 Å². The van der Waals surface area contributed by atoms with Gasteiger partial charge in [0.2, 0.25) is 0 Å². The second-order valence-corrected chi connectivity index (χ2v) is 7.50. The molecule has 22 heavy (non-hydrogen) atoms. The lowest BCUT2D eigenvalue weighted by Gasteiger charge is -2.16. The number of rotatable bonds is 10. The Balaban J connectivity index is 2.85. The molecule has 0 atom stereocenters. The summed E-state index contributed by atoms with van der Waals surface area (Å²) in [7, 11) is 0. The van der Waals surface area contributed by atoms with E-state index < -0.39 is 0 Å². The fourth-order valence-corrected chi connectivity index (χ4v) is 3.42. The van der Waals surface area contributed by atoms with Gasteiger partial charge >= 0.3 is 0 Å². The Hall–Kier alpha value is 0.940. The van der Waals surface area contributed by atoms with E-state index in [9.17, 15) is 0 Å². The minimum Gasteiger partial charge on any atom is -0.490 e. The highest BCUT2D eigenvalue weighted by atomic mass is 79.9. The van der Waals surface area contributed by atoms with E-state index in [0.29, 0.717) is 24.7 Å². The summed E-state index contributed by atoms with van der Waals surface area (Å²) in [5.41, 5.74) is 0. The van der Waals surface area contributed by atoms with Gasteiger partial charge in [0.15, 0.2) is 11.5 Å². The monoisotopic (exact) mass is 514 g/mol. The van der Waals surface area contributed by atoms with Crippen molar-refractivity contribution in [3.05, 3.63) is 20.1 Å². The molecule has 0 saturated heterocycles. The standard InChI is InChI=1S/C14H16Br2Cl4O2/c15-5-1-3-7-21-13-9(17)11(19)14(12(20)10(13)18)22-8-4-2-6-16/h1-8H2. The highest BCUT2D eigenvalue weighted by molar-refractivity contribution is 9.09. The molecule has 0 unspecified atom stereocenters. The van der Waals surface area contributed by atoms with Gasteiger partial charge in [0, 0.05) is 10.7 Å². The molecule has 2 nitrogen and oxygen atoms in total. The van der Waals surface area contributed by atoms with Crippen molar-refractivity contribution >= 4 is 78.3 Å². The largest absolute Gasteiger partial charge is 0.490 e. The van der Waals surface area contributed by atoms with Crippen LogP contribution in [0.15, 0.2) is 0 Å². The maximum absolute atomic E-state index is 6.23. The zero-order valence-electron chi connectivity index (χ0n) is 11.7. The molecule has 0 aliphatic rings. The second-order valence-electron chi connectivity index (χ2n) is 4.40. The van der Waals surface area contributed by atoms with Crippen molar-refractivity contribution in [2.45, 2.75) is 25.7 Å². The minimum atomic E-state index is 0.227. The van der Waals surface area contributed by atoms with Gasteiger partial charge in [-0.2, -0.15) is 0 Å². The number of halogens is 6. The molecule has 0 saturated carbocycles. The molecule has 0 aromatic heterocycles. The molecule has 126 valence electrons. The molecule has 0 aliphatic heterocycles. The van der Waals surface area contributed by atoms with Crippen molar-refractivity contribution in [2.24, 2.45) is 0 Å². The van der Waals surface area contributed by atoms with Gasteiger partial charge in [-0.05, 0) is 25.7 Å². The number of ether oxygens (including phenoxy) is 2. The van der Waals surface area contributed by atoms with Crippen molar-refractivity contribution < 1.29 is 9.47 Å². The smallest absolute Gasteiger partial charge is 0.159 e. The third kappa shape index (κ3) is 6.10. The van der Waals surface area contributed by atoms with Crippen molar-refractivity contribution in [1.29, 1.82) is 0 Å². The quantitative estimate of drug-likeness (QED) is 0.183. The summed E-state index contributed by atoms with van der Waals surface area (Å²) >= 11 is 31.7. The molecule has 0 spiro atoms. The van der Waals surface area contributed by atoms with E-state index in [2.05, 4.69) is 31.9 Å². The van der Waals surface area contributed by atoms with Crippen molar-refractivity contribution in [3.63, 3.8) is 0 Å². The minimum absolute atomic E-state index is 0.227. The van der Waals surface area contributed by atoms with Crippen molar-refractivity contribution in [1.82, 2.24) is 0 Å². The van der Waals surface area contributed by atoms with E-state index in [1.54, 1.807) is 0 Å². The average molecular weight is 518 g/mol. The Bertz CT molecular complexity index is 414. The predicted molar refractivity (Wildman–Crippen MR) is 104 cm³/mol. The molecular formula is C14H16Br2Cl4O2. The zero-order chi connectivity index (χ0) is 16.5. The van der Waals surface area contributed by atoms with Gasteiger partial charge in [0.05, 0.1) is 13.2 Å². The molecule has 0 heterocycles. The lowest BCUT2D eigenvalue weighted by atomic mass is 10.3. The van der Waals surface area contributed by atoms with Crippen LogP contribution in [0.25, 0.3) is 0 Å². The first kappa shape index (κ1) is 21.0. The van der Waals surface area contributed by atoms with Gasteiger partial charge in [-0.1, -0.05) is 78.3 Å². The SMILES string of the molecule is Clc1c(Cl)c(OCCCCBr)c(Cl)c(Cl)c1OCCCCBr. The van der Waals surface area contributed by atoms with Gasteiger partial charge in [-0.15, -0.1) is 0 Å². The molecule has 8 heteroatoms. The first-order valence-corrected chi connectivity index (χ1v) is 10.5. The van der Waals surface area contributed by atoms with E-state index >= 15 is 0 Å². The van der Waals surface area contributed by atoms with Crippen LogP contribution in [0, 0.1) is 0 Å². The second kappa shape index (κ2) is 11.5. The Morgan fingerprint density at radius 3 is 1.18 bits per heavy atom. The molecule has 0 amide bonds. The lowest BCUT2D eigenvalue weighted by molar-refractivity contribution is 0.302. The van der Waals surface area contributed by atoms with Crippen molar-refractivity contribution in [3.8, 4) is 11.5 Å². The molecule has 1 aromatic rings. The highest BCUT2D eigenvalue weighted by Gasteiger charge is 2.22. The van der Waals surface area contributed by atoms with E-state index in [0.717, 1.165) is 36.3 Å². The molecule has 1 rings (SSSR count). The normalized spacial score (nSPS) is 10.8. The third-order valence-electron chi connectivity index (χ3n) is 2.73. The summed E-state index contributed by atoms with van der Waals surface area (Å²) in [5.74, 6) is 0.612. The predicted octanol–water partition coefficient (Wildman–Crippen LogP) is 7.41. The first-order chi connectivity index (χ1) is 10.5. The summed E-state index contributed by atoms with van der Waals surface area (Å²) in [5, 5.41) is 2.74. The topological polar surface area (TPSA) is 18.5 Å². The maximum Gasteiger partial charge on any atom is 0.159 e. The molecule has 0 fully saturated rings. The van der Waals surface area contributed by atoms with E-state index in [1.807, 2.05) is 0 Å². The molecular weight excluding hydrogens is 502 g/mol. The first-order valence-electron chi connectivity index (χ1n) is 6.78.